The minimum Gasteiger partial charge on any atom is -0.358 e. The third-order valence-electron chi connectivity index (χ3n) is 3.42. The number of hydrogen-bond acceptors (Lipinski definition) is 4. The lowest BCUT2D eigenvalue weighted by Crippen LogP contribution is -2.59. The molecule has 2 rings (SSSR count). The van der Waals surface area contributed by atoms with Crippen LogP contribution in [0.25, 0.3) is 0 Å². The van der Waals surface area contributed by atoms with E-state index in [1.807, 2.05) is 0 Å². The van der Waals surface area contributed by atoms with E-state index in [1.165, 1.54) is 19.2 Å². The van der Waals surface area contributed by atoms with Crippen molar-refractivity contribution in [1.29, 1.82) is 0 Å². The van der Waals surface area contributed by atoms with E-state index in [9.17, 15) is 17.6 Å². The molecule has 2 N–H and O–H groups in total. The summed E-state index contributed by atoms with van der Waals surface area (Å²) in [5.74, 6) is -1.23. The minimum absolute atomic E-state index is 0.119. The van der Waals surface area contributed by atoms with Crippen LogP contribution in [0.3, 0.4) is 0 Å². The Morgan fingerprint density at radius 3 is 2.86 bits per heavy atom. The molecular weight excluding hydrogens is 297 g/mol. The molecule has 1 atom stereocenters. The Labute approximate surface area is 123 Å². The van der Waals surface area contributed by atoms with Crippen molar-refractivity contribution < 1.29 is 17.6 Å². The fraction of sp³-hybridized carbons (Fsp3) is 0.462. The number of aryl methyl sites for hydroxylation is 1. The maximum absolute atomic E-state index is 13.9. The second kappa shape index (κ2) is 6.08. The molecule has 1 aromatic rings. The molecule has 1 aromatic carbocycles. The van der Waals surface area contributed by atoms with E-state index in [-0.39, 0.29) is 13.1 Å². The molecule has 6 nitrogen and oxygen atoms in total. The molecule has 0 radical (unpaired) electrons. The van der Waals surface area contributed by atoms with Crippen molar-refractivity contribution in [3.8, 4) is 0 Å². The van der Waals surface area contributed by atoms with Crippen LogP contribution in [-0.4, -0.2) is 51.4 Å². The van der Waals surface area contributed by atoms with Crippen LogP contribution in [0.1, 0.15) is 5.56 Å². The lowest BCUT2D eigenvalue weighted by atomic mass is 10.2. The number of rotatable bonds is 3. The third kappa shape index (κ3) is 3.07. The van der Waals surface area contributed by atoms with Crippen molar-refractivity contribution in [3.05, 3.63) is 29.6 Å². The molecular formula is C13H18FN3O3S. The van der Waals surface area contributed by atoms with Crippen LogP contribution in [0.5, 0.6) is 0 Å². The first-order chi connectivity index (χ1) is 9.87. The van der Waals surface area contributed by atoms with Gasteiger partial charge in [-0.05, 0) is 24.6 Å². The van der Waals surface area contributed by atoms with E-state index in [4.69, 9.17) is 0 Å². The minimum atomic E-state index is -4.06. The van der Waals surface area contributed by atoms with Crippen LogP contribution in [0, 0.1) is 12.7 Å². The lowest BCUT2D eigenvalue weighted by molar-refractivity contribution is -0.124. The van der Waals surface area contributed by atoms with Crippen LogP contribution in [0.15, 0.2) is 23.1 Å². The van der Waals surface area contributed by atoms with Gasteiger partial charge in [-0.15, -0.1) is 0 Å². The average Bonchev–Trinajstić information content (AvgIpc) is 2.48. The molecule has 1 heterocycles. The fourth-order valence-electron chi connectivity index (χ4n) is 2.30. The first kappa shape index (κ1) is 15.9. The highest BCUT2D eigenvalue weighted by molar-refractivity contribution is 7.89. The molecule has 1 amide bonds. The van der Waals surface area contributed by atoms with Gasteiger partial charge in [-0.1, -0.05) is 6.07 Å². The zero-order chi connectivity index (χ0) is 15.6. The van der Waals surface area contributed by atoms with Gasteiger partial charge < -0.3 is 10.6 Å². The largest absolute Gasteiger partial charge is 0.358 e. The summed E-state index contributed by atoms with van der Waals surface area (Å²) in [5.41, 5.74) is 0.640. The molecule has 1 fully saturated rings. The SMILES string of the molecule is CNC(=O)C1CNCCN1S(=O)(=O)c1cc(C)ccc1F. The number of halogens is 1. The maximum atomic E-state index is 13.9. The van der Waals surface area contributed by atoms with E-state index < -0.39 is 32.7 Å². The molecule has 0 saturated carbocycles. The van der Waals surface area contributed by atoms with Crippen molar-refractivity contribution in [3.63, 3.8) is 0 Å². The van der Waals surface area contributed by atoms with Gasteiger partial charge in [-0.25, -0.2) is 12.8 Å². The van der Waals surface area contributed by atoms with Crippen molar-refractivity contribution >= 4 is 15.9 Å². The Morgan fingerprint density at radius 2 is 2.19 bits per heavy atom. The summed E-state index contributed by atoms with van der Waals surface area (Å²) in [6.45, 7) is 2.42. The number of nitrogens with zero attached hydrogens (tertiary/aromatic N) is 1. The topological polar surface area (TPSA) is 78.5 Å². The van der Waals surface area contributed by atoms with Gasteiger partial charge in [0.1, 0.15) is 16.8 Å². The molecule has 0 spiro atoms. The van der Waals surface area contributed by atoms with Gasteiger partial charge in [0.15, 0.2) is 0 Å². The van der Waals surface area contributed by atoms with Crippen LogP contribution in [-0.2, 0) is 14.8 Å². The Hall–Kier alpha value is -1.51. The normalized spacial score (nSPS) is 20.2. The number of carbonyl (C=O) groups is 1. The van der Waals surface area contributed by atoms with Gasteiger partial charge in [-0.3, -0.25) is 4.79 Å². The predicted molar refractivity (Wildman–Crippen MR) is 75.8 cm³/mol. The molecule has 1 saturated heterocycles. The lowest BCUT2D eigenvalue weighted by Gasteiger charge is -2.33. The summed E-state index contributed by atoms with van der Waals surface area (Å²) in [6, 6.07) is 3.03. The number of carbonyl (C=O) groups excluding carboxylic acids is 1. The van der Waals surface area contributed by atoms with Gasteiger partial charge in [0.2, 0.25) is 15.9 Å². The first-order valence-electron chi connectivity index (χ1n) is 6.58. The van der Waals surface area contributed by atoms with E-state index >= 15 is 0 Å². The fourth-order valence-corrected chi connectivity index (χ4v) is 4.04. The number of likely N-dealkylation sites (N-methyl/N-ethyl adjacent to an activating group) is 1. The summed E-state index contributed by atoms with van der Waals surface area (Å²) in [5, 5.41) is 5.40. The Bertz CT molecular complexity index is 648. The maximum Gasteiger partial charge on any atom is 0.246 e. The van der Waals surface area contributed by atoms with E-state index in [0.717, 1.165) is 10.4 Å². The number of hydrogen-bond donors (Lipinski definition) is 2. The van der Waals surface area contributed by atoms with Crippen molar-refractivity contribution in [1.82, 2.24) is 14.9 Å². The van der Waals surface area contributed by atoms with Crippen LogP contribution >= 0.6 is 0 Å². The Morgan fingerprint density at radius 1 is 1.48 bits per heavy atom. The van der Waals surface area contributed by atoms with Crippen LogP contribution in [0.2, 0.25) is 0 Å². The highest BCUT2D eigenvalue weighted by atomic mass is 32.2. The Kier molecular flexibility index (Phi) is 4.60. The van der Waals surface area contributed by atoms with Gasteiger partial charge in [0, 0.05) is 26.7 Å². The monoisotopic (exact) mass is 315 g/mol. The summed E-state index contributed by atoms with van der Waals surface area (Å²) in [6.07, 6.45) is 0. The number of piperazine rings is 1. The molecule has 1 unspecified atom stereocenters. The van der Waals surface area contributed by atoms with Gasteiger partial charge in [0.05, 0.1) is 0 Å². The zero-order valence-corrected chi connectivity index (χ0v) is 12.7. The number of sulfonamides is 1. The third-order valence-corrected chi connectivity index (χ3v) is 5.34. The highest BCUT2D eigenvalue weighted by Gasteiger charge is 2.38. The second-order valence-electron chi connectivity index (χ2n) is 4.88. The summed E-state index contributed by atoms with van der Waals surface area (Å²) in [7, 11) is -2.62. The Balaban J connectivity index is 2.45. The summed E-state index contributed by atoms with van der Waals surface area (Å²) < 4.78 is 40.3. The number of amides is 1. The molecule has 0 aromatic heterocycles. The zero-order valence-electron chi connectivity index (χ0n) is 11.9. The number of benzene rings is 1. The van der Waals surface area contributed by atoms with Gasteiger partial charge >= 0.3 is 0 Å². The van der Waals surface area contributed by atoms with Crippen molar-refractivity contribution in [2.45, 2.75) is 17.9 Å². The predicted octanol–water partition coefficient (Wildman–Crippen LogP) is -0.157. The first-order valence-corrected chi connectivity index (χ1v) is 8.02. The standard InChI is InChI=1S/C13H18FN3O3S/c1-9-3-4-10(14)12(7-9)21(19,20)17-6-5-16-8-11(17)13(18)15-2/h3-4,7,11,16H,5-6,8H2,1-2H3,(H,15,18). The van der Waals surface area contributed by atoms with Crippen molar-refractivity contribution in [2.75, 3.05) is 26.7 Å². The molecule has 0 aliphatic carbocycles. The van der Waals surface area contributed by atoms with Gasteiger partial charge in [0.25, 0.3) is 0 Å². The van der Waals surface area contributed by atoms with E-state index in [0.29, 0.717) is 12.1 Å². The molecule has 21 heavy (non-hydrogen) atoms. The molecule has 0 bridgehead atoms. The smallest absolute Gasteiger partial charge is 0.246 e. The van der Waals surface area contributed by atoms with Crippen molar-refractivity contribution in [2.24, 2.45) is 0 Å². The summed E-state index contributed by atoms with van der Waals surface area (Å²) in [4.78, 5) is 11.5. The number of nitrogens with one attached hydrogen (secondary N) is 2. The van der Waals surface area contributed by atoms with Crippen LogP contribution < -0.4 is 10.6 Å². The average molecular weight is 315 g/mol. The van der Waals surface area contributed by atoms with E-state index in [1.54, 1.807) is 6.92 Å². The molecule has 116 valence electrons. The van der Waals surface area contributed by atoms with E-state index in [2.05, 4.69) is 10.6 Å². The molecule has 8 heteroatoms. The summed E-state index contributed by atoms with van der Waals surface area (Å²) >= 11 is 0. The van der Waals surface area contributed by atoms with Crippen LogP contribution in [0.4, 0.5) is 4.39 Å². The quantitative estimate of drug-likeness (QED) is 0.813. The second-order valence-corrected chi connectivity index (χ2v) is 6.74. The molecule has 1 aliphatic rings. The highest BCUT2D eigenvalue weighted by Crippen LogP contribution is 2.23. The van der Waals surface area contributed by atoms with Gasteiger partial charge in [-0.2, -0.15) is 4.31 Å². The molecule has 1 aliphatic heterocycles.